The summed E-state index contributed by atoms with van der Waals surface area (Å²) in [6.07, 6.45) is 9.59. The number of fused-ring (bicyclic) bond motifs is 1. The van der Waals surface area contributed by atoms with Crippen molar-refractivity contribution >= 4 is 5.69 Å². The number of rotatable bonds is 3. The summed E-state index contributed by atoms with van der Waals surface area (Å²) in [6, 6.07) is 14.2. The molecule has 2 atom stereocenters. The molecule has 2 unspecified atom stereocenters. The van der Waals surface area contributed by atoms with Gasteiger partial charge >= 0.3 is 0 Å². The van der Waals surface area contributed by atoms with E-state index in [1.165, 1.54) is 50.1 Å². The van der Waals surface area contributed by atoms with Crippen molar-refractivity contribution in [1.82, 2.24) is 9.47 Å². The number of nitrogens with zero attached hydrogens (tertiary/aromatic N) is 2. The second-order valence-electron chi connectivity index (χ2n) is 6.28. The van der Waals surface area contributed by atoms with Crippen LogP contribution in [0.5, 0.6) is 0 Å². The lowest BCUT2D eigenvalue weighted by Crippen LogP contribution is -2.41. The highest BCUT2D eigenvalue weighted by Gasteiger charge is 2.35. The topological polar surface area (TPSA) is 20.2 Å². The molecule has 0 amide bonds. The SMILES string of the molecule is c1cc(NC2CCN3CCCCC23)cc(-n2cccc2)c1. The maximum atomic E-state index is 3.79. The van der Waals surface area contributed by atoms with Crippen molar-refractivity contribution in [2.24, 2.45) is 0 Å². The van der Waals surface area contributed by atoms with Crippen molar-refractivity contribution < 1.29 is 0 Å². The Bertz CT molecular complexity index is 590. The largest absolute Gasteiger partial charge is 0.381 e. The van der Waals surface area contributed by atoms with E-state index in [0.717, 1.165) is 6.04 Å². The maximum absolute atomic E-state index is 3.79. The summed E-state index contributed by atoms with van der Waals surface area (Å²) < 4.78 is 2.16. The Morgan fingerprint density at radius 3 is 2.76 bits per heavy atom. The van der Waals surface area contributed by atoms with Gasteiger partial charge in [-0.3, -0.25) is 4.90 Å². The molecule has 21 heavy (non-hydrogen) atoms. The van der Waals surface area contributed by atoms with E-state index >= 15 is 0 Å². The van der Waals surface area contributed by atoms with Gasteiger partial charge in [-0.25, -0.2) is 0 Å². The zero-order valence-electron chi connectivity index (χ0n) is 12.4. The minimum atomic E-state index is 0.616. The predicted molar refractivity (Wildman–Crippen MR) is 87.0 cm³/mol. The molecule has 0 aliphatic carbocycles. The molecule has 0 saturated carbocycles. The molecular formula is C18H23N3. The Kier molecular flexibility index (Phi) is 3.44. The van der Waals surface area contributed by atoms with E-state index in [-0.39, 0.29) is 0 Å². The summed E-state index contributed by atoms with van der Waals surface area (Å²) in [7, 11) is 0. The third-order valence-electron chi connectivity index (χ3n) is 4.96. The van der Waals surface area contributed by atoms with Crippen LogP contribution in [0.3, 0.4) is 0 Å². The molecule has 1 aromatic carbocycles. The molecule has 0 spiro atoms. The Morgan fingerprint density at radius 2 is 1.86 bits per heavy atom. The third-order valence-corrected chi connectivity index (χ3v) is 4.96. The Labute approximate surface area is 126 Å². The van der Waals surface area contributed by atoms with E-state index in [1.54, 1.807) is 0 Å². The highest BCUT2D eigenvalue weighted by molar-refractivity contribution is 5.52. The van der Waals surface area contributed by atoms with E-state index in [9.17, 15) is 0 Å². The average molecular weight is 281 g/mol. The van der Waals surface area contributed by atoms with Gasteiger partial charge in [0.15, 0.2) is 0 Å². The molecule has 2 aliphatic rings. The third kappa shape index (κ3) is 2.58. The Hall–Kier alpha value is -1.74. The van der Waals surface area contributed by atoms with Crippen LogP contribution in [0, 0.1) is 0 Å². The lowest BCUT2D eigenvalue weighted by atomic mass is 9.99. The average Bonchev–Trinajstić information content (AvgIpc) is 3.18. The maximum Gasteiger partial charge on any atom is 0.0469 e. The number of hydrogen-bond donors (Lipinski definition) is 1. The molecule has 3 nitrogen and oxygen atoms in total. The second-order valence-corrected chi connectivity index (χ2v) is 6.28. The van der Waals surface area contributed by atoms with Gasteiger partial charge in [0, 0.05) is 42.4 Å². The van der Waals surface area contributed by atoms with Crippen molar-refractivity contribution in [2.45, 2.75) is 37.8 Å². The standard InChI is InChI=1S/C18H23N3/c1-2-12-21-13-9-17(18(21)8-1)19-15-6-5-7-16(14-15)20-10-3-4-11-20/h3-7,10-11,14,17-19H,1-2,8-9,12-13H2. The highest BCUT2D eigenvalue weighted by Crippen LogP contribution is 2.29. The van der Waals surface area contributed by atoms with Gasteiger partial charge in [-0.15, -0.1) is 0 Å². The molecule has 0 radical (unpaired) electrons. The zero-order chi connectivity index (χ0) is 14.1. The van der Waals surface area contributed by atoms with Crippen LogP contribution in [0.1, 0.15) is 25.7 Å². The molecule has 1 aromatic heterocycles. The van der Waals surface area contributed by atoms with E-state index in [0.29, 0.717) is 6.04 Å². The van der Waals surface area contributed by atoms with Crippen molar-refractivity contribution in [2.75, 3.05) is 18.4 Å². The van der Waals surface area contributed by atoms with Crippen molar-refractivity contribution in [3.8, 4) is 5.69 Å². The quantitative estimate of drug-likeness (QED) is 0.929. The zero-order valence-corrected chi connectivity index (χ0v) is 12.4. The van der Waals surface area contributed by atoms with Gasteiger partial charge in [0.1, 0.15) is 0 Å². The predicted octanol–water partition coefficient (Wildman–Crippen LogP) is 3.52. The molecule has 3 heteroatoms. The summed E-state index contributed by atoms with van der Waals surface area (Å²) in [5.41, 5.74) is 2.47. The summed E-state index contributed by atoms with van der Waals surface area (Å²) in [6.45, 7) is 2.56. The Morgan fingerprint density at radius 1 is 0.952 bits per heavy atom. The fourth-order valence-electron chi connectivity index (χ4n) is 3.89. The van der Waals surface area contributed by atoms with Gasteiger partial charge in [0.05, 0.1) is 0 Å². The Balaban J connectivity index is 1.51. The molecule has 1 N–H and O–H groups in total. The molecular weight excluding hydrogens is 258 g/mol. The number of nitrogens with one attached hydrogen (secondary N) is 1. The minimum Gasteiger partial charge on any atom is -0.381 e. The van der Waals surface area contributed by atoms with E-state index in [1.807, 2.05) is 0 Å². The molecule has 2 aliphatic heterocycles. The number of anilines is 1. The first-order valence-corrected chi connectivity index (χ1v) is 8.14. The lowest BCUT2D eigenvalue weighted by Gasteiger charge is -2.33. The first-order chi connectivity index (χ1) is 10.4. The minimum absolute atomic E-state index is 0.616. The second kappa shape index (κ2) is 5.57. The van der Waals surface area contributed by atoms with Gasteiger partial charge in [0.25, 0.3) is 0 Å². The van der Waals surface area contributed by atoms with E-state index < -0.39 is 0 Å². The van der Waals surface area contributed by atoms with Crippen LogP contribution in [0.2, 0.25) is 0 Å². The molecule has 3 heterocycles. The van der Waals surface area contributed by atoms with Crippen LogP contribution in [-0.4, -0.2) is 34.6 Å². The van der Waals surface area contributed by atoms with Crippen LogP contribution >= 0.6 is 0 Å². The van der Waals surface area contributed by atoms with Gasteiger partial charge in [-0.05, 0) is 56.1 Å². The van der Waals surface area contributed by atoms with Crippen molar-refractivity contribution in [1.29, 1.82) is 0 Å². The number of piperidine rings is 1. The van der Waals surface area contributed by atoms with Gasteiger partial charge in [-0.1, -0.05) is 12.5 Å². The molecule has 0 bridgehead atoms. The molecule has 2 saturated heterocycles. The van der Waals surface area contributed by atoms with Gasteiger partial charge in [-0.2, -0.15) is 0 Å². The van der Waals surface area contributed by atoms with Crippen LogP contribution < -0.4 is 5.32 Å². The van der Waals surface area contributed by atoms with Crippen molar-refractivity contribution in [3.63, 3.8) is 0 Å². The summed E-state index contributed by atoms with van der Waals surface area (Å²) in [5, 5.41) is 3.79. The fourth-order valence-corrected chi connectivity index (χ4v) is 3.89. The van der Waals surface area contributed by atoms with Gasteiger partial charge in [0.2, 0.25) is 0 Å². The van der Waals surface area contributed by atoms with Crippen LogP contribution in [0.25, 0.3) is 5.69 Å². The smallest absolute Gasteiger partial charge is 0.0469 e. The monoisotopic (exact) mass is 281 g/mol. The number of aromatic nitrogens is 1. The lowest BCUT2D eigenvalue weighted by molar-refractivity contribution is 0.193. The fraction of sp³-hybridized carbons (Fsp3) is 0.444. The molecule has 2 fully saturated rings. The first kappa shape index (κ1) is 13.0. The number of benzene rings is 1. The highest BCUT2D eigenvalue weighted by atomic mass is 15.2. The number of hydrogen-bond acceptors (Lipinski definition) is 2. The normalized spacial score (nSPS) is 25.7. The molecule has 4 rings (SSSR count). The van der Waals surface area contributed by atoms with E-state index in [4.69, 9.17) is 0 Å². The molecule has 2 aromatic rings. The summed E-state index contributed by atoms with van der Waals surface area (Å²) >= 11 is 0. The van der Waals surface area contributed by atoms with Crippen LogP contribution in [-0.2, 0) is 0 Å². The van der Waals surface area contributed by atoms with E-state index in [2.05, 4.69) is 63.6 Å². The van der Waals surface area contributed by atoms with Crippen LogP contribution in [0.15, 0.2) is 48.8 Å². The van der Waals surface area contributed by atoms with Gasteiger partial charge < -0.3 is 9.88 Å². The molecule has 110 valence electrons. The summed E-state index contributed by atoms with van der Waals surface area (Å²) in [5.74, 6) is 0. The van der Waals surface area contributed by atoms with Crippen molar-refractivity contribution in [3.05, 3.63) is 48.8 Å². The summed E-state index contributed by atoms with van der Waals surface area (Å²) in [4.78, 5) is 2.68. The van der Waals surface area contributed by atoms with Crippen LogP contribution in [0.4, 0.5) is 5.69 Å². The first-order valence-electron chi connectivity index (χ1n) is 8.14.